The zero-order valence-corrected chi connectivity index (χ0v) is 14.1. The second-order valence-electron chi connectivity index (χ2n) is 5.16. The van der Waals surface area contributed by atoms with Crippen LogP contribution in [0, 0.1) is 0 Å². The number of aliphatic imine (C=N–C) groups is 1. The molecule has 1 aromatic carbocycles. The van der Waals surface area contributed by atoms with Gasteiger partial charge >= 0.3 is 0 Å². The summed E-state index contributed by atoms with van der Waals surface area (Å²) in [5, 5.41) is 6.52. The second kappa shape index (κ2) is 9.84. The van der Waals surface area contributed by atoms with Crippen molar-refractivity contribution in [3.05, 3.63) is 30.6 Å². The molecule has 0 aliphatic heterocycles. The van der Waals surface area contributed by atoms with E-state index in [2.05, 4.69) is 38.2 Å². The van der Waals surface area contributed by atoms with E-state index < -0.39 is 0 Å². The van der Waals surface area contributed by atoms with E-state index in [0.717, 1.165) is 50.7 Å². The number of aryl methyl sites for hydroxylation is 1. The smallest absolute Gasteiger partial charge is 0.191 e. The summed E-state index contributed by atoms with van der Waals surface area (Å²) in [6.45, 7) is 8.82. The average molecular weight is 317 g/mol. The number of aromatic nitrogens is 2. The van der Waals surface area contributed by atoms with Gasteiger partial charge in [-0.3, -0.25) is 4.99 Å². The third-order valence-corrected chi connectivity index (χ3v) is 3.44. The van der Waals surface area contributed by atoms with Gasteiger partial charge in [-0.05, 0) is 32.4 Å². The molecule has 6 nitrogen and oxygen atoms in total. The predicted molar refractivity (Wildman–Crippen MR) is 94.8 cm³/mol. The van der Waals surface area contributed by atoms with Crippen LogP contribution in [-0.2, 0) is 11.3 Å². The molecule has 2 rings (SSSR count). The highest BCUT2D eigenvalue weighted by atomic mass is 16.5. The van der Waals surface area contributed by atoms with Crippen LogP contribution in [0.15, 0.2) is 35.6 Å². The van der Waals surface area contributed by atoms with Gasteiger partial charge in [0.15, 0.2) is 5.96 Å². The van der Waals surface area contributed by atoms with E-state index >= 15 is 0 Å². The minimum Gasteiger partial charge on any atom is -0.380 e. The first-order valence-electron chi connectivity index (χ1n) is 8.35. The Kier molecular flexibility index (Phi) is 7.39. The molecule has 1 heterocycles. The van der Waals surface area contributed by atoms with E-state index in [-0.39, 0.29) is 0 Å². The molecule has 1 aromatic heterocycles. The lowest BCUT2D eigenvalue weighted by Crippen LogP contribution is -2.39. The van der Waals surface area contributed by atoms with E-state index in [0.29, 0.717) is 6.61 Å². The Balaban J connectivity index is 1.78. The van der Waals surface area contributed by atoms with E-state index in [1.807, 2.05) is 31.5 Å². The van der Waals surface area contributed by atoms with E-state index in [1.165, 1.54) is 5.52 Å². The average Bonchev–Trinajstić information content (AvgIpc) is 2.98. The fourth-order valence-corrected chi connectivity index (χ4v) is 2.35. The van der Waals surface area contributed by atoms with Crippen LogP contribution in [0.1, 0.15) is 20.3 Å². The highest BCUT2D eigenvalue weighted by Crippen LogP contribution is 2.11. The number of nitrogens with zero attached hydrogens (tertiary/aromatic N) is 3. The molecule has 0 unspecified atom stereocenters. The van der Waals surface area contributed by atoms with Crippen molar-refractivity contribution in [3.63, 3.8) is 0 Å². The summed E-state index contributed by atoms with van der Waals surface area (Å²) in [4.78, 5) is 9.00. The molecule has 0 spiro atoms. The Morgan fingerprint density at radius 3 is 2.96 bits per heavy atom. The van der Waals surface area contributed by atoms with Crippen LogP contribution in [0.3, 0.4) is 0 Å². The van der Waals surface area contributed by atoms with Crippen LogP contribution in [-0.4, -0.2) is 48.4 Å². The number of hydrogen-bond acceptors (Lipinski definition) is 3. The quantitative estimate of drug-likeness (QED) is 0.422. The van der Waals surface area contributed by atoms with Gasteiger partial charge in [-0.15, -0.1) is 0 Å². The van der Waals surface area contributed by atoms with Crippen molar-refractivity contribution in [2.24, 2.45) is 4.99 Å². The van der Waals surface area contributed by atoms with Crippen LogP contribution in [0.4, 0.5) is 0 Å². The monoisotopic (exact) mass is 317 g/mol. The Labute approximate surface area is 138 Å². The lowest BCUT2D eigenvalue weighted by atomic mass is 10.3. The normalized spacial score (nSPS) is 11.8. The number of para-hydroxylation sites is 2. The number of fused-ring (bicyclic) bond motifs is 1. The molecule has 2 N–H and O–H groups in total. The number of nitrogens with one attached hydrogen (secondary N) is 2. The van der Waals surface area contributed by atoms with Gasteiger partial charge in [0.1, 0.15) is 0 Å². The predicted octanol–water partition coefficient (Wildman–Crippen LogP) is 2.02. The largest absolute Gasteiger partial charge is 0.380 e. The minimum atomic E-state index is 0.696. The third-order valence-electron chi connectivity index (χ3n) is 3.44. The third kappa shape index (κ3) is 5.56. The Morgan fingerprint density at radius 2 is 2.13 bits per heavy atom. The topological polar surface area (TPSA) is 63.5 Å². The molecule has 2 aromatic rings. The van der Waals surface area contributed by atoms with Crippen molar-refractivity contribution in [2.45, 2.75) is 26.8 Å². The van der Waals surface area contributed by atoms with Gasteiger partial charge in [0.05, 0.1) is 24.0 Å². The maximum atomic E-state index is 5.32. The lowest BCUT2D eigenvalue weighted by molar-refractivity contribution is 0.152. The highest BCUT2D eigenvalue weighted by molar-refractivity contribution is 5.79. The number of rotatable bonds is 9. The summed E-state index contributed by atoms with van der Waals surface area (Å²) in [6, 6.07) is 8.20. The molecule has 0 aliphatic rings. The molecule has 6 heteroatoms. The molecule has 0 saturated carbocycles. The van der Waals surface area contributed by atoms with Crippen molar-refractivity contribution >= 4 is 17.0 Å². The van der Waals surface area contributed by atoms with Crippen LogP contribution < -0.4 is 10.6 Å². The SMILES string of the molecule is CCNC(=NCCCn1cnc2ccccc21)NCCOCC. The fraction of sp³-hybridized carbons (Fsp3) is 0.529. The first-order chi connectivity index (χ1) is 11.3. The van der Waals surface area contributed by atoms with Crippen LogP contribution in [0.5, 0.6) is 0 Å². The molecular formula is C17H27N5O. The van der Waals surface area contributed by atoms with E-state index in [1.54, 1.807) is 0 Å². The number of benzene rings is 1. The fourth-order valence-electron chi connectivity index (χ4n) is 2.35. The van der Waals surface area contributed by atoms with E-state index in [4.69, 9.17) is 4.74 Å². The number of guanidine groups is 1. The molecule has 0 saturated heterocycles. The molecule has 0 bridgehead atoms. The van der Waals surface area contributed by atoms with Gasteiger partial charge in [0.25, 0.3) is 0 Å². The van der Waals surface area contributed by atoms with Crippen LogP contribution in [0.25, 0.3) is 11.0 Å². The van der Waals surface area contributed by atoms with Crippen molar-refractivity contribution in [1.29, 1.82) is 0 Å². The van der Waals surface area contributed by atoms with Gasteiger partial charge in [0.2, 0.25) is 0 Å². The molecule has 0 amide bonds. The maximum absolute atomic E-state index is 5.32. The van der Waals surface area contributed by atoms with Crippen molar-refractivity contribution in [3.8, 4) is 0 Å². The Hall–Kier alpha value is -2.08. The molecular weight excluding hydrogens is 290 g/mol. The summed E-state index contributed by atoms with van der Waals surface area (Å²) in [6.07, 6.45) is 2.88. The standard InChI is InChI=1S/C17H27N5O/c1-3-18-17(20-11-13-23-4-2)19-10-7-12-22-14-21-15-8-5-6-9-16(15)22/h5-6,8-9,14H,3-4,7,10-13H2,1-2H3,(H2,18,19,20). The van der Waals surface area contributed by atoms with Gasteiger partial charge in [-0.1, -0.05) is 12.1 Å². The van der Waals surface area contributed by atoms with Crippen molar-refractivity contribution in [2.75, 3.05) is 32.8 Å². The highest BCUT2D eigenvalue weighted by Gasteiger charge is 2.01. The molecule has 0 aliphatic carbocycles. The number of hydrogen-bond donors (Lipinski definition) is 2. The van der Waals surface area contributed by atoms with Gasteiger partial charge in [0, 0.05) is 32.8 Å². The van der Waals surface area contributed by atoms with Crippen LogP contribution >= 0.6 is 0 Å². The second-order valence-corrected chi connectivity index (χ2v) is 5.16. The van der Waals surface area contributed by atoms with Crippen LogP contribution in [0.2, 0.25) is 0 Å². The van der Waals surface area contributed by atoms with Gasteiger partial charge in [-0.25, -0.2) is 4.98 Å². The first kappa shape index (κ1) is 17.3. The molecule has 126 valence electrons. The summed E-state index contributed by atoms with van der Waals surface area (Å²) < 4.78 is 7.50. The summed E-state index contributed by atoms with van der Waals surface area (Å²) >= 11 is 0. The summed E-state index contributed by atoms with van der Waals surface area (Å²) in [5.74, 6) is 0.850. The lowest BCUT2D eigenvalue weighted by Gasteiger charge is -2.11. The van der Waals surface area contributed by atoms with Crippen molar-refractivity contribution in [1.82, 2.24) is 20.2 Å². The van der Waals surface area contributed by atoms with E-state index in [9.17, 15) is 0 Å². The Bertz CT molecular complexity index is 608. The van der Waals surface area contributed by atoms with Gasteiger partial charge in [-0.2, -0.15) is 0 Å². The Morgan fingerprint density at radius 1 is 1.26 bits per heavy atom. The summed E-state index contributed by atoms with van der Waals surface area (Å²) in [7, 11) is 0. The maximum Gasteiger partial charge on any atom is 0.191 e. The number of ether oxygens (including phenoxy) is 1. The zero-order chi connectivity index (χ0) is 16.3. The van der Waals surface area contributed by atoms with Gasteiger partial charge < -0.3 is 19.9 Å². The molecule has 0 radical (unpaired) electrons. The van der Waals surface area contributed by atoms with Crippen molar-refractivity contribution < 1.29 is 4.74 Å². The molecule has 0 fully saturated rings. The zero-order valence-electron chi connectivity index (χ0n) is 14.1. The molecule has 23 heavy (non-hydrogen) atoms. The first-order valence-corrected chi connectivity index (χ1v) is 8.35. The summed E-state index contributed by atoms with van der Waals surface area (Å²) in [5.41, 5.74) is 2.22. The number of imidazole rings is 1. The molecule has 0 atom stereocenters. The minimum absolute atomic E-state index is 0.696.